The molecule has 0 unspecified atom stereocenters. The summed E-state index contributed by atoms with van der Waals surface area (Å²) in [7, 11) is -2.02. The molecule has 1 fully saturated rings. The Kier molecular flexibility index (Phi) is 5.08. The smallest absolute Gasteiger partial charge is 0.294 e. The molecule has 1 atom stereocenters. The molecule has 0 saturated heterocycles. The van der Waals surface area contributed by atoms with Crippen molar-refractivity contribution in [2.45, 2.75) is 29.3 Å². The first-order valence-corrected chi connectivity index (χ1v) is 10.1. The van der Waals surface area contributed by atoms with Gasteiger partial charge in [-0.15, -0.1) is 11.3 Å². The number of nitrogens with one attached hydrogen (secondary N) is 1. The van der Waals surface area contributed by atoms with Gasteiger partial charge >= 0.3 is 0 Å². The van der Waals surface area contributed by atoms with E-state index >= 15 is 0 Å². The standard InChI is InChI=1S/C11H15NOS.C6H6O3S/c1-12-6-9-8-2-5-14-10(8)11(3-4-11)7-13-9;7-10(8,9)6-4-2-1-3-5-6/h2,5,9,12H,3-4,6-7H2,1H3;1-5H,(H,7,8,9)/t9-;/m0./s1. The maximum absolute atomic E-state index is 10.4. The van der Waals surface area contributed by atoms with E-state index in [-0.39, 0.29) is 11.0 Å². The van der Waals surface area contributed by atoms with Crippen LogP contribution >= 0.6 is 11.3 Å². The molecule has 5 nitrogen and oxygen atoms in total. The minimum Gasteiger partial charge on any atom is -0.371 e. The second-order valence-corrected chi connectivity index (χ2v) is 8.47. The number of fused-ring (bicyclic) bond motifs is 2. The third kappa shape index (κ3) is 3.70. The molecule has 0 amide bonds. The molecule has 24 heavy (non-hydrogen) atoms. The number of rotatable bonds is 3. The van der Waals surface area contributed by atoms with Gasteiger partial charge in [-0.05, 0) is 49.0 Å². The number of thiophene rings is 1. The predicted octanol–water partition coefficient (Wildman–Crippen LogP) is 3.00. The van der Waals surface area contributed by atoms with Crippen molar-refractivity contribution in [3.05, 3.63) is 52.2 Å². The van der Waals surface area contributed by atoms with E-state index < -0.39 is 10.1 Å². The zero-order valence-electron chi connectivity index (χ0n) is 13.4. The van der Waals surface area contributed by atoms with Gasteiger partial charge in [-0.3, -0.25) is 4.55 Å². The van der Waals surface area contributed by atoms with Gasteiger partial charge in [0.25, 0.3) is 10.1 Å². The minimum atomic E-state index is -4.00. The SMILES string of the molecule is CNC[C@@H]1OCC2(CC2)c2sccc21.O=S(=O)(O)c1ccccc1. The van der Waals surface area contributed by atoms with E-state index in [1.54, 1.807) is 23.1 Å². The van der Waals surface area contributed by atoms with Crippen LogP contribution in [0.25, 0.3) is 0 Å². The first kappa shape index (κ1) is 17.6. The summed E-state index contributed by atoms with van der Waals surface area (Å²) < 4.78 is 35.2. The van der Waals surface area contributed by atoms with Crippen LogP contribution in [0.1, 0.15) is 29.4 Å². The van der Waals surface area contributed by atoms with Gasteiger partial charge in [0, 0.05) is 16.8 Å². The van der Waals surface area contributed by atoms with Crippen LogP contribution in [-0.4, -0.2) is 33.2 Å². The summed E-state index contributed by atoms with van der Waals surface area (Å²) >= 11 is 1.92. The van der Waals surface area contributed by atoms with Crippen LogP contribution in [0.5, 0.6) is 0 Å². The molecule has 4 rings (SSSR count). The summed E-state index contributed by atoms with van der Waals surface area (Å²) in [6.45, 7) is 1.87. The van der Waals surface area contributed by atoms with Gasteiger partial charge < -0.3 is 10.1 Å². The fourth-order valence-corrected chi connectivity index (χ4v) is 4.59. The first-order valence-electron chi connectivity index (χ1n) is 7.83. The second kappa shape index (κ2) is 6.93. The Morgan fingerprint density at radius 1 is 1.29 bits per heavy atom. The molecule has 0 bridgehead atoms. The van der Waals surface area contributed by atoms with Gasteiger partial charge in [0.05, 0.1) is 17.6 Å². The molecule has 1 spiro atoms. The lowest BCUT2D eigenvalue weighted by Crippen LogP contribution is -2.29. The number of ether oxygens (including phenoxy) is 1. The molecule has 0 radical (unpaired) electrons. The summed E-state index contributed by atoms with van der Waals surface area (Å²) in [5.74, 6) is 0. The van der Waals surface area contributed by atoms with Gasteiger partial charge in [0.2, 0.25) is 0 Å². The highest BCUT2D eigenvalue weighted by Gasteiger charge is 2.50. The summed E-state index contributed by atoms with van der Waals surface area (Å²) in [5, 5.41) is 5.41. The summed E-state index contributed by atoms with van der Waals surface area (Å²) in [5.41, 5.74) is 1.88. The van der Waals surface area contributed by atoms with Crippen molar-refractivity contribution in [2.24, 2.45) is 0 Å². The Labute approximate surface area is 146 Å². The lowest BCUT2D eigenvalue weighted by atomic mass is 9.96. The van der Waals surface area contributed by atoms with Crippen LogP contribution in [0.2, 0.25) is 0 Å². The quantitative estimate of drug-likeness (QED) is 0.816. The third-order valence-corrected chi connectivity index (χ3v) is 6.41. The molecule has 1 aromatic carbocycles. The van der Waals surface area contributed by atoms with Crippen LogP contribution < -0.4 is 5.32 Å². The van der Waals surface area contributed by atoms with E-state index in [0.29, 0.717) is 5.41 Å². The number of benzene rings is 1. The van der Waals surface area contributed by atoms with Gasteiger partial charge in [0.15, 0.2) is 0 Å². The normalized spacial score (nSPS) is 20.8. The largest absolute Gasteiger partial charge is 0.371 e. The van der Waals surface area contributed by atoms with E-state index in [1.807, 2.05) is 18.4 Å². The van der Waals surface area contributed by atoms with Crippen molar-refractivity contribution >= 4 is 21.5 Å². The van der Waals surface area contributed by atoms with Crippen LogP contribution in [-0.2, 0) is 20.3 Å². The zero-order valence-corrected chi connectivity index (χ0v) is 15.1. The van der Waals surface area contributed by atoms with Crippen molar-refractivity contribution in [1.82, 2.24) is 5.32 Å². The molecule has 1 saturated carbocycles. The topological polar surface area (TPSA) is 75.6 Å². The van der Waals surface area contributed by atoms with Crippen LogP contribution in [0.4, 0.5) is 0 Å². The Morgan fingerprint density at radius 3 is 2.54 bits per heavy atom. The highest BCUT2D eigenvalue weighted by atomic mass is 32.2. The second-order valence-electron chi connectivity index (χ2n) is 6.13. The summed E-state index contributed by atoms with van der Waals surface area (Å²) in [6.07, 6.45) is 2.94. The molecular formula is C17H21NO4S2. The van der Waals surface area contributed by atoms with E-state index in [4.69, 9.17) is 9.29 Å². The Balaban J connectivity index is 0.000000150. The fourth-order valence-electron chi connectivity index (χ4n) is 2.89. The maximum atomic E-state index is 10.4. The highest BCUT2D eigenvalue weighted by molar-refractivity contribution is 7.85. The van der Waals surface area contributed by atoms with E-state index in [1.165, 1.54) is 30.5 Å². The van der Waals surface area contributed by atoms with Crippen molar-refractivity contribution < 1.29 is 17.7 Å². The molecule has 2 aliphatic rings. The maximum Gasteiger partial charge on any atom is 0.294 e. The van der Waals surface area contributed by atoms with Gasteiger partial charge in [-0.2, -0.15) is 8.42 Å². The van der Waals surface area contributed by atoms with E-state index in [9.17, 15) is 8.42 Å². The minimum absolute atomic E-state index is 0.0741. The average molecular weight is 367 g/mol. The summed E-state index contributed by atoms with van der Waals surface area (Å²) in [4.78, 5) is 1.53. The monoisotopic (exact) mass is 367 g/mol. The Bertz CT molecular complexity index is 782. The summed E-state index contributed by atoms with van der Waals surface area (Å²) in [6, 6.07) is 9.66. The first-order chi connectivity index (χ1) is 11.5. The lowest BCUT2D eigenvalue weighted by Gasteiger charge is -2.29. The average Bonchev–Trinajstić information content (AvgIpc) is 3.15. The van der Waals surface area contributed by atoms with Crippen molar-refractivity contribution in [2.75, 3.05) is 20.2 Å². The molecule has 7 heteroatoms. The molecule has 2 N–H and O–H groups in total. The molecule has 2 aromatic rings. The highest BCUT2D eigenvalue weighted by Crippen LogP contribution is 2.55. The Morgan fingerprint density at radius 2 is 2.00 bits per heavy atom. The van der Waals surface area contributed by atoms with Crippen LogP contribution in [0.3, 0.4) is 0 Å². The zero-order chi connectivity index (χ0) is 17.2. The van der Waals surface area contributed by atoms with Gasteiger partial charge in [-0.25, -0.2) is 0 Å². The number of hydrogen-bond donors (Lipinski definition) is 2. The van der Waals surface area contributed by atoms with Gasteiger partial charge in [0.1, 0.15) is 0 Å². The lowest BCUT2D eigenvalue weighted by molar-refractivity contribution is 0.0248. The molecular weight excluding hydrogens is 346 g/mol. The van der Waals surface area contributed by atoms with Crippen molar-refractivity contribution in [3.63, 3.8) is 0 Å². The molecule has 1 aliphatic heterocycles. The molecule has 130 valence electrons. The van der Waals surface area contributed by atoms with Gasteiger partial charge in [-0.1, -0.05) is 18.2 Å². The molecule has 1 aliphatic carbocycles. The Hall–Kier alpha value is -1.25. The molecule has 2 heterocycles. The van der Waals surface area contributed by atoms with Crippen LogP contribution in [0.15, 0.2) is 46.7 Å². The predicted molar refractivity (Wildman–Crippen MR) is 94.1 cm³/mol. The van der Waals surface area contributed by atoms with E-state index in [0.717, 1.165) is 13.2 Å². The number of likely N-dealkylation sites (N-methyl/N-ethyl adjacent to an activating group) is 1. The fraction of sp³-hybridized carbons (Fsp3) is 0.412. The van der Waals surface area contributed by atoms with E-state index in [2.05, 4.69) is 16.8 Å². The third-order valence-electron chi connectivity index (χ3n) is 4.37. The van der Waals surface area contributed by atoms with Crippen molar-refractivity contribution in [1.29, 1.82) is 0 Å². The van der Waals surface area contributed by atoms with Crippen molar-refractivity contribution in [3.8, 4) is 0 Å². The van der Waals surface area contributed by atoms with Crippen LogP contribution in [0, 0.1) is 0 Å². The molecule has 1 aromatic heterocycles. The number of hydrogen-bond acceptors (Lipinski definition) is 5.